The molecule has 0 saturated carbocycles. The number of nitrogens with one attached hydrogen (secondary N) is 2. The van der Waals surface area contributed by atoms with Gasteiger partial charge < -0.3 is 20.8 Å². The second-order valence-electron chi connectivity index (χ2n) is 5.52. The van der Waals surface area contributed by atoms with Gasteiger partial charge in [0, 0.05) is 18.3 Å². The number of nitro groups is 1. The van der Waals surface area contributed by atoms with E-state index in [1.54, 1.807) is 12.1 Å². The van der Waals surface area contributed by atoms with E-state index in [0.717, 1.165) is 12.1 Å². The maximum absolute atomic E-state index is 11.8. The molecule has 0 amide bonds. The van der Waals surface area contributed by atoms with Gasteiger partial charge in [-0.3, -0.25) is 19.7 Å². The van der Waals surface area contributed by atoms with Gasteiger partial charge in [0.05, 0.1) is 4.92 Å². The van der Waals surface area contributed by atoms with Crippen LogP contribution in [-0.2, 0) is 6.54 Å². The average molecular weight is 355 g/mol. The topological polar surface area (TPSA) is 142 Å². The van der Waals surface area contributed by atoms with Crippen molar-refractivity contribution >= 4 is 22.7 Å². The van der Waals surface area contributed by atoms with Crippen LogP contribution in [0.15, 0.2) is 52.1 Å². The summed E-state index contributed by atoms with van der Waals surface area (Å²) in [4.78, 5) is 33.7. The van der Waals surface area contributed by atoms with Crippen molar-refractivity contribution in [1.29, 1.82) is 0 Å². The second-order valence-corrected chi connectivity index (χ2v) is 5.52. The number of aromatic hydroxyl groups is 2. The van der Waals surface area contributed by atoms with Crippen molar-refractivity contribution in [3.05, 3.63) is 78.6 Å². The molecular weight excluding hydrogens is 342 g/mol. The third kappa shape index (κ3) is 3.18. The predicted octanol–water partition coefficient (Wildman–Crippen LogP) is 1.96. The molecule has 3 rings (SSSR count). The lowest BCUT2D eigenvalue weighted by Gasteiger charge is -2.15. The minimum absolute atomic E-state index is 0.0184. The van der Waals surface area contributed by atoms with E-state index in [1.807, 2.05) is 0 Å². The van der Waals surface area contributed by atoms with E-state index in [0.29, 0.717) is 5.56 Å². The molecule has 0 aliphatic rings. The first-order valence-corrected chi connectivity index (χ1v) is 7.46. The highest BCUT2D eigenvalue weighted by Crippen LogP contribution is 2.30. The van der Waals surface area contributed by atoms with Gasteiger partial charge in [0.25, 0.3) is 10.9 Å². The molecule has 0 heterocycles. The number of nitrogens with zero attached hydrogens (tertiary/aromatic N) is 1. The first kappa shape index (κ1) is 17.0. The first-order valence-electron chi connectivity index (χ1n) is 7.46. The Morgan fingerprint density at radius 1 is 1.00 bits per heavy atom. The molecule has 3 aromatic carbocycles. The first-order chi connectivity index (χ1) is 12.4. The van der Waals surface area contributed by atoms with Gasteiger partial charge in [-0.1, -0.05) is 12.1 Å². The number of phenols is 2. The Morgan fingerprint density at radius 2 is 1.73 bits per heavy atom. The summed E-state index contributed by atoms with van der Waals surface area (Å²) in [5.41, 5.74) is -1.07. The van der Waals surface area contributed by atoms with Crippen molar-refractivity contribution < 1.29 is 15.1 Å². The summed E-state index contributed by atoms with van der Waals surface area (Å²) in [6.45, 7) is 0.198. The summed E-state index contributed by atoms with van der Waals surface area (Å²) in [7, 11) is 0. The highest BCUT2D eigenvalue weighted by molar-refractivity contribution is 5.79. The highest BCUT2D eigenvalue weighted by Gasteiger charge is 2.22. The number of benzene rings is 2. The van der Waals surface area contributed by atoms with E-state index in [1.165, 1.54) is 18.2 Å². The van der Waals surface area contributed by atoms with E-state index in [2.05, 4.69) is 10.6 Å². The lowest BCUT2D eigenvalue weighted by atomic mass is 10.1. The third-order valence-corrected chi connectivity index (χ3v) is 3.73. The zero-order valence-corrected chi connectivity index (χ0v) is 13.2. The molecule has 0 unspecified atom stereocenters. The molecule has 0 saturated heterocycles. The van der Waals surface area contributed by atoms with Crippen molar-refractivity contribution in [2.75, 3.05) is 10.6 Å². The number of phenolic OH excluding ortho intramolecular Hbond substituents is 2. The highest BCUT2D eigenvalue weighted by atomic mass is 16.6. The van der Waals surface area contributed by atoms with E-state index in [9.17, 15) is 29.9 Å². The lowest BCUT2D eigenvalue weighted by molar-refractivity contribution is -0.385. The minimum atomic E-state index is -0.760. The summed E-state index contributed by atoms with van der Waals surface area (Å²) in [5.74, 6) is -0.434. The molecule has 0 radical (unpaired) electrons. The van der Waals surface area contributed by atoms with Crippen LogP contribution in [0.1, 0.15) is 5.56 Å². The molecule has 3 aromatic rings. The summed E-state index contributed by atoms with van der Waals surface area (Å²) >= 11 is 0. The van der Waals surface area contributed by atoms with Gasteiger partial charge >= 0.3 is 5.69 Å². The Morgan fingerprint density at radius 3 is 2.42 bits per heavy atom. The number of nitro benzene ring substituents is 1. The van der Waals surface area contributed by atoms with Crippen LogP contribution in [0.3, 0.4) is 0 Å². The van der Waals surface area contributed by atoms with E-state index in [4.69, 9.17) is 0 Å². The molecule has 26 heavy (non-hydrogen) atoms. The van der Waals surface area contributed by atoms with Crippen LogP contribution < -0.4 is 21.5 Å². The fourth-order valence-electron chi connectivity index (χ4n) is 2.43. The van der Waals surface area contributed by atoms with Crippen LogP contribution in [0.2, 0.25) is 0 Å². The largest absolute Gasteiger partial charge is 0.508 e. The van der Waals surface area contributed by atoms with Gasteiger partial charge in [-0.2, -0.15) is 0 Å². The molecule has 0 aliphatic carbocycles. The van der Waals surface area contributed by atoms with Crippen molar-refractivity contribution in [2.24, 2.45) is 0 Å². The molecular formula is C17H13N3O6. The molecule has 9 heteroatoms. The number of hydrogen-bond acceptors (Lipinski definition) is 8. The van der Waals surface area contributed by atoms with Crippen molar-refractivity contribution in [2.45, 2.75) is 6.54 Å². The normalized spacial score (nSPS) is 10.6. The smallest absolute Gasteiger partial charge is 0.312 e. The zero-order chi connectivity index (χ0) is 18.8. The number of anilines is 3. The van der Waals surface area contributed by atoms with E-state index >= 15 is 0 Å². The molecule has 132 valence electrons. The third-order valence-electron chi connectivity index (χ3n) is 3.73. The van der Waals surface area contributed by atoms with Gasteiger partial charge in [0.1, 0.15) is 17.1 Å². The standard InChI is InChI=1S/C17H13N3O6/c21-11-3-1-2-9(6-11)8-18-14-15(17(24)16(14)23)19-10-4-5-13(22)12(7-10)20(25)26/h1-7,18-19,21-22H,8H2. The van der Waals surface area contributed by atoms with Gasteiger partial charge in [-0.15, -0.1) is 0 Å². The molecule has 4 N–H and O–H groups in total. The van der Waals surface area contributed by atoms with Crippen molar-refractivity contribution in [1.82, 2.24) is 0 Å². The van der Waals surface area contributed by atoms with Gasteiger partial charge in [-0.25, -0.2) is 0 Å². The second kappa shape index (κ2) is 6.55. The predicted molar refractivity (Wildman–Crippen MR) is 94.8 cm³/mol. The molecule has 0 spiro atoms. The van der Waals surface area contributed by atoms with Crippen LogP contribution in [0.4, 0.5) is 22.7 Å². The van der Waals surface area contributed by atoms with Crippen molar-refractivity contribution in [3.8, 4) is 11.5 Å². The van der Waals surface area contributed by atoms with Gasteiger partial charge in [0.2, 0.25) is 0 Å². The van der Waals surface area contributed by atoms with Crippen LogP contribution in [0, 0.1) is 10.1 Å². The Labute approximate surface area is 146 Å². The van der Waals surface area contributed by atoms with Crippen LogP contribution >= 0.6 is 0 Å². The Kier molecular flexibility index (Phi) is 4.27. The number of hydrogen-bond donors (Lipinski definition) is 4. The zero-order valence-electron chi connectivity index (χ0n) is 13.2. The summed E-state index contributed by atoms with van der Waals surface area (Å²) in [6.07, 6.45) is 0. The Balaban J connectivity index is 1.81. The minimum Gasteiger partial charge on any atom is -0.508 e. The maximum Gasteiger partial charge on any atom is 0.312 e. The van der Waals surface area contributed by atoms with Gasteiger partial charge in [0.15, 0.2) is 5.75 Å². The SMILES string of the molecule is O=c1c(NCc2cccc(O)c2)c(Nc2ccc(O)c([N+](=O)[O-])c2)c1=O. The van der Waals surface area contributed by atoms with E-state index in [-0.39, 0.29) is 29.4 Å². The quantitative estimate of drug-likeness (QED) is 0.227. The van der Waals surface area contributed by atoms with E-state index < -0.39 is 27.2 Å². The summed E-state index contributed by atoms with van der Waals surface area (Å²) in [6, 6.07) is 9.91. The summed E-state index contributed by atoms with van der Waals surface area (Å²) in [5, 5.41) is 35.2. The Hall–Kier alpha value is -3.88. The molecule has 0 aliphatic heterocycles. The molecule has 0 fully saturated rings. The van der Waals surface area contributed by atoms with Crippen molar-refractivity contribution in [3.63, 3.8) is 0 Å². The van der Waals surface area contributed by atoms with Crippen LogP contribution in [0.25, 0.3) is 0 Å². The van der Waals surface area contributed by atoms with Crippen LogP contribution in [0.5, 0.6) is 11.5 Å². The average Bonchev–Trinajstić information content (AvgIpc) is 2.61. The molecule has 0 aromatic heterocycles. The molecule has 0 atom stereocenters. The monoisotopic (exact) mass is 355 g/mol. The summed E-state index contributed by atoms with van der Waals surface area (Å²) < 4.78 is 0. The lowest BCUT2D eigenvalue weighted by Crippen LogP contribution is -2.36. The van der Waals surface area contributed by atoms with Crippen LogP contribution in [-0.4, -0.2) is 15.1 Å². The fraction of sp³-hybridized carbons (Fsp3) is 0.0588. The molecule has 0 bridgehead atoms. The molecule has 9 nitrogen and oxygen atoms in total. The maximum atomic E-state index is 11.8. The number of rotatable bonds is 6. The fourth-order valence-corrected chi connectivity index (χ4v) is 2.43. The van der Waals surface area contributed by atoms with Gasteiger partial charge in [-0.05, 0) is 29.8 Å². The Bertz CT molecular complexity index is 1070.